The van der Waals surface area contributed by atoms with Crippen molar-refractivity contribution in [2.45, 2.75) is 45.6 Å². The molecule has 3 atom stereocenters. The number of likely N-dealkylation sites (tertiary alicyclic amines) is 1. The molecule has 4 rings (SSSR count). The van der Waals surface area contributed by atoms with E-state index in [-0.39, 0.29) is 30.1 Å². The van der Waals surface area contributed by atoms with E-state index < -0.39 is 0 Å². The van der Waals surface area contributed by atoms with Crippen LogP contribution in [0.2, 0.25) is 0 Å². The Morgan fingerprint density at radius 3 is 2.78 bits per heavy atom. The van der Waals surface area contributed by atoms with Crippen molar-refractivity contribution in [3.63, 3.8) is 0 Å². The lowest BCUT2D eigenvalue weighted by atomic mass is 9.89. The highest BCUT2D eigenvalue weighted by molar-refractivity contribution is 14.0. The zero-order chi connectivity index (χ0) is 21.6. The normalized spacial score (nSPS) is 23.8. The minimum Gasteiger partial charge on any atom is -0.373 e. The molecule has 3 heterocycles. The zero-order valence-corrected chi connectivity index (χ0v) is 22.0. The smallest absolute Gasteiger partial charge is 0.193 e. The molecule has 0 radical (unpaired) electrons. The van der Waals surface area contributed by atoms with Crippen molar-refractivity contribution >= 4 is 29.9 Å². The predicted octanol–water partition coefficient (Wildman–Crippen LogP) is 4.34. The van der Waals surface area contributed by atoms with Crippen LogP contribution < -0.4 is 5.32 Å². The van der Waals surface area contributed by atoms with Crippen LogP contribution in [0.25, 0.3) is 0 Å². The highest BCUT2D eigenvalue weighted by Gasteiger charge is 2.29. The Morgan fingerprint density at radius 2 is 2.06 bits per heavy atom. The van der Waals surface area contributed by atoms with Gasteiger partial charge in [0.2, 0.25) is 0 Å². The molecule has 1 aromatic carbocycles. The van der Waals surface area contributed by atoms with Crippen LogP contribution in [0.1, 0.15) is 49.0 Å². The third-order valence-corrected chi connectivity index (χ3v) is 6.53. The largest absolute Gasteiger partial charge is 0.373 e. The first-order valence-electron chi connectivity index (χ1n) is 11.8. The number of nitrogens with one attached hydrogen (secondary N) is 1. The third-order valence-electron chi connectivity index (χ3n) is 6.53. The number of guanidine groups is 1. The van der Waals surface area contributed by atoms with Gasteiger partial charge in [0.15, 0.2) is 5.96 Å². The fourth-order valence-corrected chi connectivity index (χ4v) is 4.89. The first kappa shape index (κ1) is 25.0. The highest BCUT2D eigenvalue weighted by atomic mass is 127. The van der Waals surface area contributed by atoms with Crippen LogP contribution in [0.5, 0.6) is 0 Å². The van der Waals surface area contributed by atoms with Crippen molar-refractivity contribution in [3.05, 3.63) is 53.3 Å². The van der Waals surface area contributed by atoms with Crippen molar-refractivity contribution in [3.8, 4) is 0 Å². The van der Waals surface area contributed by atoms with E-state index in [1.54, 1.807) is 0 Å². The second kappa shape index (κ2) is 12.0. The molecule has 1 aromatic heterocycles. The second-order valence-electron chi connectivity index (χ2n) is 9.13. The summed E-state index contributed by atoms with van der Waals surface area (Å²) in [6.07, 6.45) is 8.87. The van der Waals surface area contributed by atoms with E-state index >= 15 is 0 Å². The summed E-state index contributed by atoms with van der Waals surface area (Å²) in [5.74, 6) is 2.15. The Labute approximate surface area is 209 Å². The molecule has 1 N–H and O–H groups in total. The molecule has 7 heteroatoms. The van der Waals surface area contributed by atoms with Gasteiger partial charge in [0.1, 0.15) is 0 Å². The van der Waals surface area contributed by atoms with Gasteiger partial charge in [-0.15, -0.1) is 24.0 Å². The summed E-state index contributed by atoms with van der Waals surface area (Å²) in [6.45, 7) is 8.96. The maximum absolute atomic E-state index is 6.21. The Kier molecular flexibility index (Phi) is 9.40. The van der Waals surface area contributed by atoms with E-state index in [0.29, 0.717) is 11.8 Å². The number of rotatable bonds is 6. The molecule has 0 spiro atoms. The first-order chi connectivity index (χ1) is 15.1. The molecule has 176 valence electrons. The maximum atomic E-state index is 6.21. The van der Waals surface area contributed by atoms with E-state index in [1.165, 1.54) is 29.5 Å². The minimum atomic E-state index is 0. The Balaban J connectivity index is 0.00000289. The summed E-state index contributed by atoms with van der Waals surface area (Å²) < 4.78 is 8.10. The standard InChI is InChI=1S/C25H37N5O.HI/c1-4-26-25(30-12-11-20(18-30)14-21-15-28-29(3)17-21)27-16-23-6-5-13-31-24(23)22-9-7-19(2)8-10-22;/h7-10,15,17,20,23-24H,4-6,11-14,16,18H2,1-3H3,(H,26,27);1H. The fourth-order valence-electron chi connectivity index (χ4n) is 4.89. The molecule has 3 unspecified atom stereocenters. The first-order valence-corrected chi connectivity index (χ1v) is 11.8. The van der Waals surface area contributed by atoms with Crippen molar-refractivity contribution in [2.24, 2.45) is 23.9 Å². The van der Waals surface area contributed by atoms with Gasteiger partial charge in [-0.05, 0) is 56.6 Å². The van der Waals surface area contributed by atoms with Gasteiger partial charge < -0.3 is 15.0 Å². The summed E-state index contributed by atoms with van der Waals surface area (Å²) in [5.41, 5.74) is 3.91. The van der Waals surface area contributed by atoms with Crippen LogP contribution in [-0.2, 0) is 18.2 Å². The van der Waals surface area contributed by atoms with Gasteiger partial charge >= 0.3 is 0 Å². The number of aryl methyl sites for hydroxylation is 2. The predicted molar refractivity (Wildman–Crippen MR) is 141 cm³/mol. The van der Waals surface area contributed by atoms with Crippen LogP contribution in [0.15, 0.2) is 41.7 Å². The average molecular weight is 552 g/mol. The van der Waals surface area contributed by atoms with Crippen LogP contribution in [0.4, 0.5) is 0 Å². The number of aliphatic imine (C=N–C) groups is 1. The second-order valence-corrected chi connectivity index (χ2v) is 9.13. The summed E-state index contributed by atoms with van der Waals surface area (Å²) in [4.78, 5) is 7.53. The Morgan fingerprint density at radius 1 is 1.25 bits per heavy atom. The fraction of sp³-hybridized carbons (Fsp3) is 0.600. The molecule has 0 aliphatic carbocycles. The number of benzene rings is 1. The van der Waals surface area contributed by atoms with Gasteiger partial charge in [-0.2, -0.15) is 5.10 Å². The van der Waals surface area contributed by atoms with Crippen LogP contribution >= 0.6 is 24.0 Å². The number of halogens is 1. The minimum absolute atomic E-state index is 0. The van der Waals surface area contributed by atoms with Crippen molar-refractivity contribution in [1.82, 2.24) is 20.0 Å². The number of ether oxygens (including phenoxy) is 1. The molecule has 2 saturated heterocycles. The summed E-state index contributed by atoms with van der Waals surface area (Å²) in [6, 6.07) is 8.81. The number of nitrogens with zero attached hydrogens (tertiary/aromatic N) is 4. The van der Waals surface area contributed by atoms with E-state index in [1.807, 2.05) is 17.9 Å². The molecular weight excluding hydrogens is 513 g/mol. The van der Waals surface area contributed by atoms with Crippen molar-refractivity contribution in [2.75, 3.05) is 32.8 Å². The third kappa shape index (κ3) is 6.47. The maximum Gasteiger partial charge on any atom is 0.193 e. The van der Waals surface area contributed by atoms with Gasteiger partial charge in [-0.3, -0.25) is 9.67 Å². The van der Waals surface area contributed by atoms with Crippen LogP contribution in [-0.4, -0.2) is 53.4 Å². The highest BCUT2D eigenvalue weighted by Crippen LogP contribution is 2.34. The van der Waals surface area contributed by atoms with E-state index in [9.17, 15) is 0 Å². The number of aromatic nitrogens is 2. The van der Waals surface area contributed by atoms with Gasteiger partial charge in [0.25, 0.3) is 0 Å². The number of hydrogen-bond acceptors (Lipinski definition) is 3. The molecule has 2 aliphatic rings. The topological polar surface area (TPSA) is 54.7 Å². The zero-order valence-electron chi connectivity index (χ0n) is 19.7. The Hall–Kier alpha value is -1.61. The summed E-state index contributed by atoms with van der Waals surface area (Å²) in [7, 11) is 1.99. The monoisotopic (exact) mass is 551 g/mol. The molecule has 0 bridgehead atoms. The lowest BCUT2D eigenvalue weighted by molar-refractivity contribution is -0.0250. The van der Waals surface area contributed by atoms with Crippen LogP contribution in [0.3, 0.4) is 0 Å². The van der Waals surface area contributed by atoms with Gasteiger partial charge in [-0.1, -0.05) is 29.8 Å². The molecule has 2 fully saturated rings. The summed E-state index contributed by atoms with van der Waals surface area (Å²) >= 11 is 0. The molecule has 2 aromatic rings. The van der Waals surface area contributed by atoms with E-state index in [2.05, 4.69) is 59.6 Å². The van der Waals surface area contributed by atoms with E-state index in [0.717, 1.165) is 51.6 Å². The molecule has 32 heavy (non-hydrogen) atoms. The lowest BCUT2D eigenvalue weighted by Crippen LogP contribution is -2.40. The van der Waals surface area contributed by atoms with E-state index in [4.69, 9.17) is 9.73 Å². The molecule has 0 amide bonds. The quantitative estimate of drug-likeness (QED) is 0.330. The van der Waals surface area contributed by atoms with Gasteiger partial charge in [0.05, 0.1) is 12.3 Å². The van der Waals surface area contributed by atoms with Gasteiger partial charge in [0, 0.05) is 51.9 Å². The van der Waals surface area contributed by atoms with Crippen molar-refractivity contribution in [1.29, 1.82) is 0 Å². The summed E-state index contributed by atoms with van der Waals surface area (Å²) in [5, 5.41) is 7.85. The Bertz CT molecular complexity index is 865. The molecule has 0 saturated carbocycles. The lowest BCUT2D eigenvalue weighted by Gasteiger charge is -2.32. The SMILES string of the molecule is CCNC(=NCC1CCCOC1c1ccc(C)cc1)N1CCC(Cc2cnn(C)c2)C1.I. The van der Waals surface area contributed by atoms with Crippen molar-refractivity contribution < 1.29 is 4.74 Å². The molecule has 2 aliphatic heterocycles. The molecular formula is C25H38IN5O. The molecule has 6 nitrogen and oxygen atoms in total. The average Bonchev–Trinajstić information content (AvgIpc) is 3.41. The van der Waals surface area contributed by atoms with Gasteiger partial charge in [-0.25, -0.2) is 0 Å². The van der Waals surface area contributed by atoms with Crippen LogP contribution in [0, 0.1) is 18.8 Å². The number of hydrogen-bond donors (Lipinski definition) is 1.